The van der Waals surface area contributed by atoms with Crippen molar-refractivity contribution in [2.24, 2.45) is 0 Å². The first-order chi connectivity index (χ1) is 10.2. The molecule has 1 N–H and O–H groups in total. The maximum atomic E-state index is 11.0. The van der Waals surface area contributed by atoms with Crippen molar-refractivity contribution in [1.82, 2.24) is 15.5 Å². The highest BCUT2D eigenvalue weighted by Gasteiger charge is 2.21. The lowest BCUT2D eigenvalue weighted by molar-refractivity contribution is -0.385. The molecule has 0 spiro atoms. The summed E-state index contributed by atoms with van der Waals surface area (Å²) in [6.45, 7) is 3.64. The molecule has 0 aliphatic rings. The van der Waals surface area contributed by atoms with Gasteiger partial charge in [0.1, 0.15) is 5.01 Å². The van der Waals surface area contributed by atoms with Gasteiger partial charge in [-0.1, -0.05) is 24.3 Å². The largest absolute Gasteiger partial charge is 0.490 e. The van der Waals surface area contributed by atoms with E-state index in [1.54, 1.807) is 12.1 Å². The molecule has 0 unspecified atom stereocenters. The van der Waals surface area contributed by atoms with E-state index in [1.165, 1.54) is 24.5 Å². The molecular formula is C13H16N4O3S. The Kier molecular flexibility index (Phi) is 5.18. The van der Waals surface area contributed by atoms with E-state index in [-0.39, 0.29) is 11.4 Å². The SMILES string of the molecule is CCCNCc1nnc(-c2cccc([N+](=O)[O-])c2OC)s1. The van der Waals surface area contributed by atoms with E-state index in [1.807, 2.05) is 0 Å². The van der Waals surface area contributed by atoms with E-state index in [9.17, 15) is 10.1 Å². The van der Waals surface area contributed by atoms with Crippen LogP contribution in [0.1, 0.15) is 18.4 Å². The third kappa shape index (κ3) is 3.53. The Hall–Kier alpha value is -2.06. The van der Waals surface area contributed by atoms with Crippen LogP contribution in [0, 0.1) is 10.1 Å². The molecule has 1 heterocycles. The Bertz CT molecular complexity index is 630. The Balaban J connectivity index is 2.29. The number of hydrogen-bond donors (Lipinski definition) is 1. The smallest absolute Gasteiger partial charge is 0.311 e. The zero-order valence-electron chi connectivity index (χ0n) is 11.8. The first-order valence-electron chi connectivity index (χ1n) is 6.52. The van der Waals surface area contributed by atoms with Gasteiger partial charge in [-0.15, -0.1) is 10.2 Å². The van der Waals surface area contributed by atoms with E-state index in [0.717, 1.165) is 18.0 Å². The second-order valence-corrected chi connectivity index (χ2v) is 5.35. The van der Waals surface area contributed by atoms with Gasteiger partial charge in [-0.25, -0.2) is 0 Å². The summed E-state index contributed by atoms with van der Waals surface area (Å²) >= 11 is 1.40. The molecule has 0 saturated heterocycles. The monoisotopic (exact) mass is 308 g/mol. The van der Waals surface area contributed by atoms with Gasteiger partial charge in [-0.2, -0.15) is 0 Å². The summed E-state index contributed by atoms with van der Waals surface area (Å²) in [5.74, 6) is 0.215. The van der Waals surface area contributed by atoms with Crippen LogP contribution in [0.4, 0.5) is 5.69 Å². The fourth-order valence-electron chi connectivity index (χ4n) is 1.86. The van der Waals surface area contributed by atoms with Gasteiger partial charge < -0.3 is 10.1 Å². The summed E-state index contributed by atoms with van der Waals surface area (Å²) in [6.07, 6.45) is 1.05. The summed E-state index contributed by atoms with van der Waals surface area (Å²) in [7, 11) is 1.41. The Morgan fingerprint density at radius 1 is 1.43 bits per heavy atom. The molecule has 0 aliphatic carbocycles. The Labute approximate surface area is 126 Å². The molecule has 7 nitrogen and oxygen atoms in total. The van der Waals surface area contributed by atoms with Crippen molar-refractivity contribution in [3.63, 3.8) is 0 Å². The summed E-state index contributed by atoms with van der Waals surface area (Å²) in [6, 6.07) is 4.77. The molecule has 2 aromatic rings. The number of nitro benzene ring substituents is 1. The maximum absolute atomic E-state index is 11.0. The van der Waals surface area contributed by atoms with Gasteiger partial charge in [0.25, 0.3) is 0 Å². The molecule has 0 aliphatic heterocycles. The molecule has 0 saturated carbocycles. The lowest BCUT2D eigenvalue weighted by atomic mass is 10.2. The number of hydrogen-bond acceptors (Lipinski definition) is 7. The summed E-state index contributed by atoms with van der Waals surface area (Å²) in [5.41, 5.74) is 0.516. The third-order valence-corrected chi connectivity index (χ3v) is 3.75. The number of aromatic nitrogens is 2. The number of ether oxygens (including phenoxy) is 1. The van der Waals surface area contributed by atoms with Gasteiger partial charge >= 0.3 is 5.69 Å². The number of rotatable bonds is 7. The van der Waals surface area contributed by atoms with Gasteiger partial charge in [0, 0.05) is 12.6 Å². The van der Waals surface area contributed by atoms with Crippen LogP contribution >= 0.6 is 11.3 Å². The molecule has 1 aromatic heterocycles. The molecule has 0 atom stereocenters. The van der Waals surface area contributed by atoms with Gasteiger partial charge in [0.15, 0.2) is 5.01 Å². The van der Waals surface area contributed by atoms with E-state index in [2.05, 4.69) is 22.4 Å². The Morgan fingerprint density at radius 3 is 2.90 bits per heavy atom. The first-order valence-corrected chi connectivity index (χ1v) is 7.33. The lowest BCUT2D eigenvalue weighted by Gasteiger charge is -2.05. The number of benzene rings is 1. The standard InChI is InChI=1S/C13H16N4O3S/c1-3-7-14-8-11-15-16-13(21-11)9-5-4-6-10(17(18)19)12(9)20-2/h4-6,14H,3,7-8H2,1-2H3. The molecule has 0 fully saturated rings. The van der Waals surface area contributed by atoms with Crippen molar-refractivity contribution in [3.8, 4) is 16.3 Å². The van der Waals surface area contributed by atoms with Crippen molar-refractivity contribution in [2.75, 3.05) is 13.7 Å². The van der Waals surface area contributed by atoms with Crippen LogP contribution in [0.25, 0.3) is 10.6 Å². The minimum atomic E-state index is -0.465. The topological polar surface area (TPSA) is 90.2 Å². The number of nitro groups is 1. The molecule has 112 valence electrons. The van der Waals surface area contributed by atoms with Crippen molar-refractivity contribution >= 4 is 17.0 Å². The van der Waals surface area contributed by atoms with Gasteiger partial charge in [0.2, 0.25) is 5.75 Å². The predicted octanol–water partition coefficient (Wildman–Crippen LogP) is 2.62. The van der Waals surface area contributed by atoms with E-state index >= 15 is 0 Å². The zero-order chi connectivity index (χ0) is 15.2. The average Bonchev–Trinajstić information content (AvgIpc) is 2.95. The summed E-state index contributed by atoms with van der Waals surface area (Å²) in [5, 5.41) is 23.9. The third-order valence-electron chi connectivity index (χ3n) is 2.80. The fourth-order valence-corrected chi connectivity index (χ4v) is 2.69. The van der Waals surface area contributed by atoms with Crippen LogP contribution in [0.3, 0.4) is 0 Å². The quantitative estimate of drug-likeness (QED) is 0.480. The zero-order valence-corrected chi connectivity index (χ0v) is 12.6. The van der Waals surface area contributed by atoms with Crippen molar-refractivity contribution in [2.45, 2.75) is 19.9 Å². The number of para-hydroxylation sites is 1. The molecule has 8 heteroatoms. The van der Waals surface area contributed by atoms with Crippen LogP contribution in [-0.4, -0.2) is 28.8 Å². The highest BCUT2D eigenvalue weighted by molar-refractivity contribution is 7.14. The molecular weight excluding hydrogens is 292 g/mol. The Morgan fingerprint density at radius 2 is 2.24 bits per heavy atom. The summed E-state index contributed by atoms with van der Waals surface area (Å²) in [4.78, 5) is 10.6. The normalized spacial score (nSPS) is 10.6. The molecule has 0 bridgehead atoms. The van der Waals surface area contributed by atoms with Crippen molar-refractivity contribution < 1.29 is 9.66 Å². The van der Waals surface area contributed by atoms with E-state index in [0.29, 0.717) is 17.1 Å². The second-order valence-electron chi connectivity index (χ2n) is 4.29. The molecule has 0 amide bonds. The van der Waals surface area contributed by atoms with Gasteiger partial charge in [-0.3, -0.25) is 10.1 Å². The molecule has 0 radical (unpaired) electrons. The van der Waals surface area contributed by atoms with Gasteiger partial charge in [-0.05, 0) is 19.0 Å². The van der Waals surface area contributed by atoms with Crippen LogP contribution in [0.15, 0.2) is 18.2 Å². The number of methoxy groups -OCH3 is 1. The fraction of sp³-hybridized carbons (Fsp3) is 0.385. The minimum Gasteiger partial charge on any atom is -0.490 e. The second kappa shape index (κ2) is 7.09. The maximum Gasteiger partial charge on any atom is 0.311 e. The summed E-state index contributed by atoms with van der Waals surface area (Å²) < 4.78 is 5.18. The molecule has 2 rings (SSSR count). The minimum absolute atomic E-state index is 0.0733. The van der Waals surface area contributed by atoms with Crippen LogP contribution in [-0.2, 0) is 6.54 Å². The molecule has 1 aromatic carbocycles. The van der Waals surface area contributed by atoms with Gasteiger partial charge in [0.05, 0.1) is 17.6 Å². The van der Waals surface area contributed by atoms with Crippen molar-refractivity contribution in [3.05, 3.63) is 33.3 Å². The van der Waals surface area contributed by atoms with Crippen LogP contribution in [0.2, 0.25) is 0 Å². The average molecular weight is 308 g/mol. The lowest BCUT2D eigenvalue weighted by Crippen LogP contribution is -2.13. The van der Waals surface area contributed by atoms with E-state index < -0.39 is 4.92 Å². The molecule has 21 heavy (non-hydrogen) atoms. The highest BCUT2D eigenvalue weighted by atomic mass is 32.1. The van der Waals surface area contributed by atoms with Crippen LogP contribution < -0.4 is 10.1 Å². The predicted molar refractivity (Wildman–Crippen MR) is 80.5 cm³/mol. The first kappa shape index (κ1) is 15.3. The number of nitrogens with zero attached hydrogens (tertiary/aromatic N) is 3. The highest BCUT2D eigenvalue weighted by Crippen LogP contribution is 2.38. The van der Waals surface area contributed by atoms with E-state index in [4.69, 9.17) is 4.74 Å². The number of nitrogens with one attached hydrogen (secondary N) is 1. The van der Waals surface area contributed by atoms with Crippen molar-refractivity contribution in [1.29, 1.82) is 0 Å². The van der Waals surface area contributed by atoms with Crippen LogP contribution in [0.5, 0.6) is 5.75 Å².